The fraction of sp³-hybridized carbons (Fsp3) is 0.280. The van der Waals surface area contributed by atoms with Crippen molar-refractivity contribution in [2.45, 2.75) is 38.7 Å². The Morgan fingerprint density at radius 3 is 2.57 bits per heavy atom. The first-order chi connectivity index (χ1) is 14.6. The van der Waals surface area contributed by atoms with Crippen LogP contribution in [0.25, 0.3) is 0 Å². The van der Waals surface area contributed by atoms with Crippen molar-refractivity contribution in [3.63, 3.8) is 0 Å². The molecule has 0 saturated heterocycles. The van der Waals surface area contributed by atoms with Gasteiger partial charge >= 0.3 is 5.97 Å². The van der Waals surface area contributed by atoms with E-state index in [1.807, 2.05) is 61.5 Å². The number of ether oxygens (including phenoxy) is 2. The standard InChI is InChI=1S/C25H25NO4/c1-16-22(25(28)29-2)23(24-19(26-16)12-8-13-20(24)27)18-11-6-7-14-21(18)30-15-17-9-4-3-5-10-17/h3-7,9-11,14,23,26H,8,12-13,15H2,1-2H3. The van der Waals surface area contributed by atoms with Crippen LogP contribution in [0.15, 0.2) is 77.1 Å². The minimum atomic E-state index is -0.506. The smallest absolute Gasteiger partial charge is 0.336 e. The van der Waals surface area contributed by atoms with Gasteiger partial charge in [0.25, 0.3) is 0 Å². The molecule has 2 aromatic carbocycles. The van der Waals surface area contributed by atoms with Crippen molar-refractivity contribution in [2.24, 2.45) is 0 Å². The van der Waals surface area contributed by atoms with Crippen molar-refractivity contribution in [1.29, 1.82) is 0 Å². The van der Waals surface area contributed by atoms with E-state index in [2.05, 4.69) is 5.32 Å². The highest BCUT2D eigenvalue weighted by Gasteiger charge is 2.40. The zero-order valence-corrected chi connectivity index (χ0v) is 17.2. The van der Waals surface area contributed by atoms with Crippen molar-refractivity contribution < 1.29 is 19.1 Å². The molecule has 154 valence electrons. The lowest BCUT2D eigenvalue weighted by Crippen LogP contribution is -2.34. The highest BCUT2D eigenvalue weighted by molar-refractivity contribution is 6.03. The summed E-state index contributed by atoms with van der Waals surface area (Å²) in [5, 5.41) is 3.29. The lowest BCUT2D eigenvalue weighted by molar-refractivity contribution is -0.136. The summed E-state index contributed by atoms with van der Waals surface area (Å²) >= 11 is 0. The Hall–Kier alpha value is -3.34. The normalized spacial score (nSPS) is 18.6. The molecular formula is C25H25NO4. The SMILES string of the molecule is COC(=O)C1=C(C)NC2=C(C(=O)CCC2)C1c1ccccc1OCc1ccccc1. The van der Waals surface area contributed by atoms with Crippen molar-refractivity contribution in [1.82, 2.24) is 5.32 Å². The van der Waals surface area contributed by atoms with E-state index in [1.165, 1.54) is 7.11 Å². The van der Waals surface area contributed by atoms with E-state index in [0.29, 0.717) is 29.9 Å². The van der Waals surface area contributed by atoms with E-state index >= 15 is 0 Å². The number of hydrogen-bond donors (Lipinski definition) is 1. The molecule has 0 aromatic heterocycles. The summed E-state index contributed by atoms with van der Waals surface area (Å²) in [6, 6.07) is 17.5. The van der Waals surface area contributed by atoms with E-state index < -0.39 is 11.9 Å². The highest BCUT2D eigenvalue weighted by Crippen LogP contribution is 2.45. The minimum absolute atomic E-state index is 0.0699. The molecule has 1 atom stereocenters. The van der Waals surface area contributed by atoms with Gasteiger partial charge in [0.2, 0.25) is 0 Å². The first kappa shape index (κ1) is 20.0. The van der Waals surface area contributed by atoms with Crippen molar-refractivity contribution in [3.8, 4) is 5.75 Å². The molecule has 30 heavy (non-hydrogen) atoms. The third kappa shape index (κ3) is 3.75. The number of benzene rings is 2. The second kappa shape index (κ2) is 8.57. The van der Waals surface area contributed by atoms with Gasteiger partial charge in [0, 0.05) is 29.0 Å². The summed E-state index contributed by atoms with van der Waals surface area (Å²) < 4.78 is 11.2. The van der Waals surface area contributed by atoms with Gasteiger partial charge in [0.15, 0.2) is 5.78 Å². The van der Waals surface area contributed by atoms with Gasteiger partial charge in [-0.1, -0.05) is 48.5 Å². The summed E-state index contributed by atoms with van der Waals surface area (Å²) in [6.07, 6.45) is 2.08. The molecule has 0 radical (unpaired) electrons. The number of dihydropyridines is 1. The Morgan fingerprint density at radius 1 is 1.07 bits per heavy atom. The highest BCUT2D eigenvalue weighted by atomic mass is 16.5. The molecule has 0 saturated carbocycles. The number of ketones is 1. The number of methoxy groups -OCH3 is 1. The van der Waals surface area contributed by atoms with Crippen LogP contribution in [0.3, 0.4) is 0 Å². The molecule has 0 fully saturated rings. The number of para-hydroxylation sites is 1. The molecule has 0 amide bonds. The monoisotopic (exact) mass is 403 g/mol. The Balaban J connectivity index is 1.79. The van der Waals surface area contributed by atoms with E-state index in [0.717, 1.165) is 35.4 Å². The van der Waals surface area contributed by atoms with Gasteiger partial charge < -0.3 is 14.8 Å². The number of nitrogens with one attached hydrogen (secondary N) is 1. The van der Waals surface area contributed by atoms with Crippen LogP contribution >= 0.6 is 0 Å². The fourth-order valence-electron chi connectivity index (χ4n) is 4.26. The maximum absolute atomic E-state index is 13.0. The largest absolute Gasteiger partial charge is 0.489 e. The van der Waals surface area contributed by atoms with Gasteiger partial charge in [-0.15, -0.1) is 0 Å². The Labute approximate surface area is 176 Å². The molecule has 0 bridgehead atoms. The molecular weight excluding hydrogens is 378 g/mol. The van der Waals surface area contributed by atoms with Crippen molar-refractivity contribution >= 4 is 11.8 Å². The molecule has 4 rings (SSSR count). The van der Waals surface area contributed by atoms with Gasteiger partial charge in [0.05, 0.1) is 18.6 Å². The van der Waals surface area contributed by atoms with Crippen LogP contribution in [0.5, 0.6) is 5.75 Å². The fourth-order valence-corrected chi connectivity index (χ4v) is 4.26. The number of esters is 1. The predicted octanol–water partition coefficient (Wildman–Crippen LogP) is 4.41. The zero-order valence-electron chi connectivity index (χ0n) is 17.2. The van der Waals surface area contributed by atoms with Crippen LogP contribution in [-0.2, 0) is 20.9 Å². The predicted molar refractivity (Wildman–Crippen MR) is 114 cm³/mol. The summed E-state index contributed by atoms with van der Waals surface area (Å²) in [7, 11) is 1.37. The van der Waals surface area contributed by atoms with Gasteiger partial charge in [-0.2, -0.15) is 0 Å². The molecule has 1 heterocycles. The zero-order chi connectivity index (χ0) is 21.1. The average molecular weight is 403 g/mol. The number of rotatable bonds is 5. The number of Topliss-reactive ketones (excluding diaryl/α,β-unsaturated/α-hetero) is 1. The van der Waals surface area contributed by atoms with E-state index in [1.54, 1.807) is 0 Å². The van der Waals surface area contributed by atoms with Gasteiger partial charge in [0.1, 0.15) is 12.4 Å². The van der Waals surface area contributed by atoms with Crippen LogP contribution in [0.1, 0.15) is 43.2 Å². The number of hydrogen-bond acceptors (Lipinski definition) is 5. The number of allylic oxidation sites excluding steroid dienone is 3. The van der Waals surface area contributed by atoms with Gasteiger partial charge in [-0.3, -0.25) is 4.79 Å². The minimum Gasteiger partial charge on any atom is -0.489 e. The van der Waals surface area contributed by atoms with Gasteiger partial charge in [-0.25, -0.2) is 4.79 Å². The van der Waals surface area contributed by atoms with Crippen molar-refractivity contribution in [3.05, 3.63) is 88.3 Å². The van der Waals surface area contributed by atoms with Crippen LogP contribution in [0.4, 0.5) is 0 Å². The molecule has 1 aliphatic carbocycles. The summed E-state index contributed by atoms with van der Waals surface area (Å²) in [5.74, 6) is -0.213. The van der Waals surface area contributed by atoms with E-state index in [9.17, 15) is 9.59 Å². The molecule has 5 nitrogen and oxygen atoms in total. The molecule has 1 aliphatic heterocycles. The van der Waals surface area contributed by atoms with E-state index in [-0.39, 0.29) is 5.78 Å². The lowest BCUT2D eigenvalue weighted by Gasteiger charge is -2.34. The first-order valence-corrected chi connectivity index (χ1v) is 10.2. The second-order valence-electron chi connectivity index (χ2n) is 7.57. The first-order valence-electron chi connectivity index (χ1n) is 10.2. The van der Waals surface area contributed by atoms with E-state index in [4.69, 9.17) is 9.47 Å². The summed E-state index contributed by atoms with van der Waals surface area (Å²) in [4.78, 5) is 25.7. The van der Waals surface area contributed by atoms with Crippen molar-refractivity contribution in [2.75, 3.05) is 7.11 Å². The van der Waals surface area contributed by atoms with Crippen LogP contribution in [0, 0.1) is 0 Å². The Bertz CT molecular complexity index is 1040. The second-order valence-corrected chi connectivity index (χ2v) is 7.57. The molecule has 0 spiro atoms. The maximum Gasteiger partial charge on any atom is 0.336 e. The maximum atomic E-state index is 13.0. The lowest BCUT2D eigenvalue weighted by atomic mass is 9.75. The third-order valence-electron chi connectivity index (χ3n) is 5.65. The molecule has 2 aromatic rings. The van der Waals surface area contributed by atoms with Crippen LogP contribution in [0.2, 0.25) is 0 Å². The van der Waals surface area contributed by atoms with Crippen LogP contribution in [-0.4, -0.2) is 18.9 Å². The molecule has 5 heteroatoms. The molecule has 1 N–H and O–H groups in total. The average Bonchev–Trinajstić information content (AvgIpc) is 2.77. The topological polar surface area (TPSA) is 64.6 Å². The summed E-state index contributed by atoms with van der Waals surface area (Å²) in [5.41, 5.74) is 4.59. The molecule has 1 unspecified atom stereocenters. The summed E-state index contributed by atoms with van der Waals surface area (Å²) in [6.45, 7) is 2.26. The number of carbonyl (C=O) groups excluding carboxylic acids is 2. The Morgan fingerprint density at radius 2 is 1.80 bits per heavy atom. The van der Waals surface area contributed by atoms with Gasteiger partial charge in [-0.05, 0) is 31.4 Å². The number of carbonyl (C=O) groups is 2. The third-order valence-corrected chi connectivity index (χ3v) is 5.65. The molecule has 2 aliphatic rings. The quantitative estimate of drug-likeness (QED) is 0.750. The Kier molecular flexibility index (Phi) is 5.70. The van der Waals surface area contributed by atoms with Crippen LogP contribution < -0.4 is 10.1 Å².